The first-order valence-corrected chi connectivity index (χ1v) is 11.6. The lowest BCUT2D eigenvalue weighted by atomic mass is 9.67. The Hall–Kier alpha value is -3.61. The number of nitrogens with zero attached hydrogens (tertiary/aromatic N) is 1. The number of Topliss-reactive ketones (excluding diaryl/α,β-unsaturated/α-hetero) is 1. The number of allylic oxidation sites excluding steroid dienone is 2. The molecule has 1 unspecified atom stereocenters. The number of carbonyl (C=O) groups excluding carboxylic acids is 2. The fourth-order valence-electron chi connectivity index (χ4n) is 4.96. The van der Waals surface area contributed by atoms with Gasteiger partial charge in [-0.15, -0.1) is 0 Å². The summed E-state index contributed by atoms with van der Waals surface area (Å²) in [5, 5.41) is 10.1. The molecule has 7 heteroatoms. The Labute approximate surface area is 205 Å². The van der Waals surface area contributed by atoms with E-state index in [1.807, 2.05) is 38.1 Å². The number of hydrogen-bond acceptors (Lipinski definition) is 7. The summed E-state index contributed by atoms with van der Waals surface area (Å²) in [4.78, 5) is 31.6. The van der Waals surface area contributed by atoms with Gasteiger partial charge in [-0.2, -0.15) is 0 Å². The van der Waals surface area contributed by atoms with Crippen molar-refractivity contribution in [2.45, 2.75) is 46.1 Å². The summed E-state index contributed by atoms with van der Waals surface area (Å²) >= 11 is 0. The lowest BCUT2D eigenvalue weighted by Crippen LogP contribution is -2.39. The molecule has 0 saturated heterocycles. The molecule has 1 heterocycles. The van der Waals surface area contributed by atoms with Gasteiger partial charge in [0.05, 0.1) is 14.2 Å². The quantitative estimate of drug-likeness (QED) is 0.591. The SMILES string of the molecule is COc1ccc(COC(=O)C2C(C)=NC3=C(C(=O)CC(C)(C)C3)[C@@H]2c2ccc(O)c(OC)c2)cc1. The van der Waals surface area contributed by atoms with Crippen molar-refractivity contribution in [2.75, 3.05) is 14.2 Å². The fourth-order valence-corrected chi connectivity index (χ4v) is 4.96. The molecule has 2 aromatic rings. The van der Waals surface area contributed by atoms with E-state index in [0.29, 0.717) is 29.7 Å². The summed E-state index contributed by atoms with van der Waals surface area (Å²) in [5.41, 5.74) is 3.18. The summed E-state index contributed by atoms with van der Waals surface area (Å²) in [6.45, 7) is 5.99. The molecule has 2 aromatic carbocycles. The van der Waals surface area contributed by atoms with Crippen LogP contribution in [0, 0.1) is 11.3 Å². The number of methoxy groups -OCH3 is 2. The maximum atomic E-state index is 13.5. The molecule has 0 aromatic heterocycles. The van der Waals surface area contributed by atoms with E-state index in [9.17, 15) is 14.7 Å². The number of phenols is 1. The Kier molecular flexibility index (Phi) is 6.70. The van der Waals surface area contributed by atoms with Gasteiger partial charge in [-0.05, 0) is 54.2 Å². The number of aliphatic imine (C=N–C) groups is 1. The van der Waals surface area contributed by atoms with Crippen LogP contribution in [-0.4, -0.2) is 36.8 Å². The van der Waals surface area contributed by atoms with Crippen molar-refractivity contribution >= 4 is 17.5 Å². The molecule has 0 amide bonds. The number of aromatic hydroxyl groups is 1. The maximum absolute atomic E-state index is 13.5. The van der Waals surface area contributed by atoms with Crippen LogP contribution < -0.4 is 9.47 Å². The highest BCUT2D eigenvalue weighted by atomic mass is 16.5. The fraction of sp³-hybridized carbons (Fsp3) is 0.393. The minimum absolute atomic E-state index is 0.0126. The van der Waals surface area contributed by atoms with E-state index in [-0.39, 0.29) is 29.3 Å². The van der Waals surface area contributed by atoms with Gasteiger partial charge in [0.1, 0.15) is 18.3 Å². The van der Waals surface area contributed by atoms with Gasteiger partial charge in [0, 0.05) is 29.3 Å². The smallest absolute Gasteiger partial charge is 0.315 e. The van der Waals surface area contributed by atoms with Crippen molar-refractivity contribution in [3.05, 3.63) is 64.9 Å². The molecule has 0 bridgehead atoms. The molecule has 0 radical (unpaired) electrons. The van der Waals surface area contributed by atoms with Crippen molar-refractivity contribution in [2.24, 2.45) is 16.3 Å². The molecule has 4 rings (SSSR count). The van der Waals surface area contributed by atoms with Gasteiger partial charge < -0.3 is 19.3 Å². The van der Waals surface area contributed by atoms with Crippen LogP contribution in [0.15, 0.2) is 58.7 Å². The Morgan fingerprint density at radius 2 is 1.80 bits per heavy atom. The summed E-state index contributed by atoms with van der Waals surface area (Å²) in [5.74, 6) is -0.841. The minimum atomic E-state index is -0.772. The van der Waals surface area contributed by atoms with E-state index in [4.69, 9.17) is 19.2 Å². The molecular weight excluding hydrogens is 446 g/mol. The van der Waals surface area contributed by atoms with Crippen LogP contribution in [0.1, 0.15) is 50.7 Å². The molecule has 0 saturated carbocycles. The first-order valence-electron chi connectivity index (χ1n) is 11.6. The molecule has 0 fully saturated rings. The summed E-state index contributed by atoms with van der Waals surface area (Å²) in [7, 11) is 3.06. The average molecular weight is 478 g/mol. The van der Waals surface area contributed by atoms with Crippen LogP contribution in [0.25, 0.3) is 0 Å². The van der Waals surface area contributed by atoms with Gasteiger partial charge in [-0.25, -0.2) is 0 Å². The Balaban J connectivity index is 1.72. The Morgan fingerprint density at radius 3 is 2.46 bits per heavy atom. The highest BCUT2D eigenvalue weighted by molar-refractivity contribution is 6.09. The zero-order valence-corrected chi connectivity index (χ0v) is 20.8. The molecule has 0 spiro atoms. The van der Waals surface area contributed by atoms with Crippen molar-refractivity contribution in [1.82, 2.24) is 0 Å². The molecule has 2 aliphatic rings. The van der Waals surface area contributed by atoms with E-state index < -0.39 is 17.8 Å². The molecule has 1 aliphatic heterocycles. The van der Waals surface area contributed by atoms with Crippen LogP contribution in [-0.2, 0) is 20.9 Å². The second-order valence-corrected chi connectivity index (χ2v) is 9.90. The second-order valence-electron chi connectivity index (χ2n) is 9.90. The molecule has 1 N–H and O–H groups in total. The predicted octanol–water partition coefficient (Wildman–Crippen LogP) is 4.97. The van der Waals surface area contributed by atoms with Crippen LogP contribution in [0.5, 0.6) is 17.2 Å². The topological polar surface area (TPSA) is 94.4 Å². The predicted molar refractivity (Wildman–Crippen MR) is 132 cm³/mol. The van der Waals surface area contributed by atoms with Gasteiger partial charge in [0.2, 0.25) is 0 Å². The van der Waals surface area contributed by atoms with E-state index in [1.54, 1.807) is 26.2 Å². The number of benzene rings is 2. The molecule has 35 heavy (non-hydrogen) atoms. The number of ether oxygens (including phenoxy) is 3. The zero-order valence-electron chi connectivity index (χ0n) is 20.8. The monoisotopic (exact) mass is 477 g/mol. The number of phenolic OH excluding ortho intramolecular Hbond substituents is 1. The van der Waals surface area contributed by atoms with Crippen LogP contribution >= 0.6 is 0 Å². The lowest BCUT2D eigenvalue weighted by molar-refractivity contribution is -0.148. The molecule has 2 atom stereocenters. The average Bonchev–Trinajstić information content (AvgIpc) is 2.81. The molecule has 1 aliphatic carbocycles. The van der Waals surface area contributed by atoms with Gasteiger partial charge >= 0.3 is 5.97 Å². The molecular formula is C28H31NO6. The highest BCUT2D eigenvalue weighted by Gasteiger charge is 2.46. The van der Waals surface area contributed by atoms with E-state index in [0.717, 1.165) is 17.0 Å². The van der Waals surface area contributed by atoms with Gasteiger partial charge in [0.25, 0.3) is 0 Å². The van der Waals surface area contributed by atoms with Crippen LogP contribution in [0.2, 0.25) is 0 Å². The Bertz CT molecular complexity index is 1210. The van der Waals surface area contributed by atoms with Gasteiger partial charge in [-0.3, -0.25) is 14.6 Å². The highest BCUT2D eigenvalue weighted by Crippen LogP contribution is 2.48. The van der Waals surface area contributed by atoms with Crippen LogP contribution in [0.3, 0.4) is 0 Å². The van der Waals surface area contributed by atoms with Gasteiger partial charge in [0.15, 0.2) is 17.3 Å². The van der Waals surface area contributed by atoms with E-state index in [1.165, 1.54) is 13.2 Å². The number of carbonyl (C=O) groups is 2. The van der Waals surface area contributed by atoms with Crippen LogP contribution in [0.4, 0.5) is 0 Å². The number of hydrogen-bond donors (Lipinski definition) is 1. The summed E-state index contributed by atoms with van der Waals surface area (Å²) in [6.07, 6.45) is 1.02. The minimum Gasteiger partial charge on any atom is -0.504 e. The van der Waals surface area contributed by atoms with Crippen molar-refractivity contribution in [3.8, 4) is 17.2 Å². The number of esters is 1. The maximum Gasteiger partial charge on any atom is 0.315 e. The van der Waals surface area contributed by atoms with E-state index >= 15 is 0 Å². The third-order valence-electron chi connectivity index (χ3n) is 6.66. The summed E-state index contributed by atoms with van der Waals surface area (Å²) in [6, 6.07) is 12.2. The number of ketones is 1. The van der Waals surface area contributed by atoms with Crippen molar-refractivity contribution in [1.29, 1.82) is 0 Å². The standard InChI is InChI=1S/C28H31NO6/c1-16-24(27(32)35-15-17-6-9-19(33-4)10-7-17)25(18-8-11-21(30)23(12-18)34-5)26-20(29-16)13-28(2,3)14-22(26)31/h6-12,24-25,30H,13-15H2,1-5H3/t24?,25-/m1/s1. The molecule has 184 valence electrons. The molecule has 7 nitrogen and oxygen atoms in total. The third kappa shape index (κ3) is 4.94. The Morgan fingerprint density at radius 1 is 1.09 bits per heavy atom. The van der Waals surface area contributed by atoms with E-state index in [2.05, 4.69) is 0 Å². The first-order chi connectivity index (χ1) is 16.6. The lowest BCUT2D eigenvalue weighted by Gasteiger charge is -2.39. The largest absolute Gasteiger partial charge is 0.504 e. The van der Waals surface area contributed by atoms with Crippen molar-refractivity contribution in [3.63, 3.8) is 0 Å². The summed E-state index contributed by atoms with van der Waals surface area (Å²) < 4.78 is 16.2. The second kappa shape index (κ2) is 9.56. The third-order valence-corrected chi connectivity index (χ3v) is 6.66. The first kappa shape index (κ1) is 24.5. The number of rotatable bonds is 6. The zero-order chi connectivity index (χ0) is 25.3. The van der Waals surface area contributed by atoms with Gasteiger partial charge in [-0.1, -0.05) is 32.0 Å². The van der Waals surface area contributed by atoms with Crippen molar-refractivity contribution < 1.29 is 28.9 Å². The normalized spacial score (nSPS) is 21.2.